The van der Waals surface area contributed by atoms with Crippen molar-refractivity contribution in [3.63, 3.8) is 0 Å². The number of nitrogens with one attached hydrogen (secondary N) is 2. The van der Waals surface area contributed by atoms with Gasteiger partial charge in [-0.2, -0.15) is 5.10 Å². The Morgan fingerprint density at radius 2 is 1.71 bits per heavy atom. The highest BCUT2D eigenvalue weighted by Crippen LogP contribution is 2.32. The van der Waals surface area contributed by atoms with Crippen molar-refractivity contribution in [3.05, 3.63) is 67.0 Å². The third-order valence-electron chi connectivity index (χ3n) is 9.66. The van der Waals surface area contributed by atoms with Gasteiger partial charge in [-0.15, -0.1) is 10.2 Å². The number of nitrogen functional groups attached to an aromatic ring is 1. The summed E-state index contributed by atoms with van der Waals surface area (Å²) in [5.74, 6) is 0.703. The van der Waals surface area contributed by atoms with Gasteiger partial charge in [0, 0.05) is 44.1 Å². The van der Waals surface area contributed by atoms with Crippen LogP contribution < -0.4 is 36.5 Å². The quantitative estimate of drug-likeness (QED) is 0.126. The highest BCUT2D eigenvalue weighted by molar-refractivity contribution is 5.97. The fourth-order valence-corrected chi connectivity index (χ4v) is 6.76. The molecule has 2 saturated heterocycles. The van der Waals surface area contributed by atoms with E-state index in [9.17, 15) is 19.2 Å². The van der Waals surface area contributed by atoms with Crippen LogP contribution in [0.3, 0.4) is 0 Å². The van der Waals surface area contributed by atoms with Crippen molar-refractivity contribution in [2.45, 2.75) is 70.4 Å². The van der Waals surface area contributed by atoms with Gasteiger partial charge in [0.05, 0.1) is 36.0 Å². The van der Waals surface area contributed by atoms with Crippen LogP contribution in [0.15, 0.2) is 67.0 Å². The first-order valence-corrected chi connectivity index (χ1v) is 18.7. The standard InChI is InChI=1S/C26H32N8O3.C8H9NO.C5H7NO2/c1-17(27)26(36)37-23-10-6-5-9-20(23)21-13-22(25(28)31-30-21)34-15-19(14-29-34)33-12-11-32(16-24(33)35)18-7-3-2-4-8-18;1-2-4-8-7(3-1)9-5-6-10-8;7-4-2-1-3-5(8)6-4/h5-6,9-10,13-15,17-18H,2-4,7-8,11-12,16,27H2,1H3,(H2,28,31);1-4,9H,5-6H2;1-3H2,(H,6,7,8). The number of para-hydroxylation sites is 3. The Morgan fingerprint density at radius 3 is 2.42 bits per heavy atom. The maximum atomic E-state index is 13.0. The Hall–Kier alpha value is -5.87. The Balaban J connectivity index is 0.000000231. The fraction of sp³-hybridized carbons (Fsp3) is 0.410. The van der Waals surface area contributed by atoms with Crippen LogP contribution in [0.1, 0.15) is 58.3 Å². The van der Waals surface area contributed by atoms with E-state index in [-0.39, 0.29) is 23.5 Å². The highest BCUT2D eigenvalue weighted by Gasteiger charge is 2.31. The second-order valence-electron chi connectivity index (χ2n) is 13.8. The van der Waals surface area contributed by atoms with Crippen LogP contribution in [0.25, 0.3) is 16.9 Å². The SMILES string of the molecule is CC(N)C(=O)Oc1ccccc1-c1cc(-n2cc(N3CCN(C4CCCCC4)CC3=O)cn2)c(N)nn1.O=C1CCCC(=O)N1.c1ccc2c(c1)NCCO2. The number of carbonyl (C=O) groups is 4. The fourth-order valence-electron chi connectivity index (χ4n) is 6.76. The first-order valence-electron chi connectivity index (χ1n) is 18.7. The monoisotopic (exact) mass is 752 g/mol. The molecule has 0 bridgehead atoms. The van der Waals surface area contributed by atoms with Gasteiger partial charge in [0.1, 0.15) is 29.8 Å². The Kier molecular flexibility index (Phi) is 13.0. The number of nitrogens with two attached hydrogens (primary N) is 2. The molecule has 5 heterocycles. The van der Waals surface area contributed by atoms with Crippen LogP contribution in [0, 0.1) is 0 Å². The number of hydrogen-bond donors (Lipinski definition) is 4. The number of rotatable bonds is 6. The molecule has 1 unspecified atom stereocenters. The van der Waals surface area contributed by atoms with Crippen molar-refractivity contribution in [1.82, 2.24) is 30.2 Å². The molecule has 3 amide bonds. The van der Waals surface area contributed by atoms with Gasteiger partial charge in [-0.1, -0.05) is 43.5 Å². The molecule has 4 aromatic rings. The second kappa shape index (κ2) is 18.4. The number of ether oxygens (including phenoxy) is 2. The molecule has 1 atom stereocenters. The molecule has 55 heavy (non-hydrogen) atoms. The smallest absolute Gasteiger partial charge is 0.328 e. The topological polar surface area (TPSA) is 213 Å². The minimum Gasteiger partial charge on any atom is -0.490 e. The zero-order chi connectivity index (χ0) is 38.7. The maximum absolute atomic E-state index is 13.0. The molecular formula is C39H48N10O6. The van der Waals surface area contributed by atoms with Gasteiger partial charge in [0.15, 0.2) is 5.82 Å². The Morgan fingerprint density at radius 1 is 0.964 bits per heavy atom. The number of carbonyl (C=O) groups excluding carboxylic acids is 4. The molecule has 16 nitrogen and oxygen atoms in total. The molecule has 1 aliphatic carbocycles. The molecule has 6 N–H and O–H groups in total. The lowest BCUT2D eigenvalue weighted by Gasteiger charge is -2.39. The number of benzene rings is 2. The third-order valence-corrected chi connectivity index (χ3v) is 9.66. The number of imide groups is 1. The average molecular weight is 753 g/mol. The van der Waals surface area contributed by atoms with Crippen molar-refractivity contribution in [2.24, 2.45) is 5.73 Å². The number of fused-ring (bicyclic) bond motifs is 1. The van der Waals surface area contributed by atoms with E-state index in [4.69, 9.17) is 20.9 Å². The lowest BCUT2D eigenvalue weighted by molar-refractivity contribution is -0.135. The van der Waals surface area contributed by atoms with Crippen LogP contribution in [0.4, 0.5) is 17.2 Å². The lowest BCUT2D eigenvalue weighted by Crippen LogP contribution is -2.54. The summed E-state index contributed by atoms with van der Waals surface area (Å²) in [5, 5.41) is 18.2. The molecule has 0 radical (unpaired) electrons. The van der Waals surface area contributed by atoms with Gasteiger partial charge in [-0.05, 0) is 56.5 Å². The Bertz CT molecular complexity index is 1940. The molecule has 4 aliphatic rings. The van der Waals surface area contributed by atoms with Crippen LogP contribution in [-0.2, 0) is 19.2 Å². The van der Waals surface area contributed by atoms with Gasteiger partial charge in [0.2, 0.25) is 17.7 Å². The van der Waals surface area contributed by atoms with Crippen LogP contribution in [-0.4, -0.2) is 93.4 Å². The van der Waals surface area contributed by atoms with E-state index in [1.165, 1.54) is 32.1 Å². The number of hydrogen-bond acceptors (Lipinski definition) is 13. The molecular weight excluding hydrogens is 704 g/mol. The third kappa shape index (κ3) is 10.2. The number of esters is 1. The van der Waals surface area contributed by atoms with Crippen LogP contribution in [0.2, 0.25) is 0 Å². The van der Waals surface area contributed by atoms with Crippen molar-refractivity contribution in [2.75, 3.05) is 48.7 Å². The predicted octanol–water partition coefficient (Wildman–Crippen LogP) is 3.45. The van der Waals surface area contributed by atoms with E-state index in [0.29, 0.717) is 66.8 Å². The van der Waals surface area contributed by atoms with E-state index in [1.807, 2.05) is 24.3 Å². The minimum atomic E-state index is -0.768. The molecule has 1 saturated carbocycles. The molecule has 3 aliphatic heterocycles. The second-order valence-corrected chi connectivity index (χ2v) is 13.8. The number of aromatic nitrogens is 4. The summed E-state index contributed by atoms with van der Waals surface area (Å²) < 4.78 is 12.4. The molecule has 2 aromatic heterocycles. The van der Waals surface area contributed by atoms with E-state index < -0.39 is 12.0 Å². The lowest BCUT2D eigenvalue weighted by atomic mass is 9.94. The molecule has 16 heteroatoms. The summed E-state index contributed by atoms with van der Waals surface area (Å²) in [4.78, 5) is 49.9. The number of nitrogens with zero attached hydrogens (tertiary/aromatic N) is 6. The average Bonchev–Trinajstić information content (AvgIpc) is 3.69. The van der Waals surface area contributed by atoms with Crippen molar-refractivity contribution in [1.29, 1.82) is 0 Å². The Labute approximate surface area is 319 Å². The molecule has 2 aromatic carbocycles. The molecule has 290 valence electrons. The van der Waals surface area contributed by atoms with E-state index in [2.05, 4.69) is 30.8 Å². The minimum absolute atomic E-state index is 0.0720. The summed E-state index contributed by atoms with van der Waals surface area (Å²) in [7, 11) is 0. The first-order chi connectivity index (χ1) is 26.7. The first kappa shape index (κ1) is 38.8. The number of piperidine rings is 1. The zero-order valence-corrected chi connectivity index (χ0v) is 31.0. The van der Waals surface area contributed by atoms with Crippen molar-refractivity contribution in [3.8, 4) is 28.4 Å². The van der Waals surface area contributed by atoms with Gasteiger partial charge in [0.25, 0.3) is 0 Å². The molecule has 0 spiro atoms. The van der Waals surface area contributed by atoms with Crippen LogP contribution in [0.5, 0.6) is 11.5 Å². The summed E-state index contributed by atoms with van der Waals surface area (Å²) >= 11 is 0. The van der Waals surface area contributed by atoms with E-state index in [0.717, 1.165) is 31.1 Å². The van der Waals surface area contributed by atoms with Crippen molar-refractivity contribution < 1.29 is 28.7 Å². The van der Waals surface area contributed by atoms with Gasteiger partial charge in [-0.3, -0.25) is 24.6 Å². The maximum Gasteiger partial charge on any atom is 0.328 e. The van der Waals surface area contributed by atoms with E-state index in [1.54, 1.807) is 59.2 Å². The number of amides is 3. The number of anilines is 3. The predicted molar refractivity (Wildman–Crippen MR) is 207 cm³/mol. The summed E-state index contributed by atoms with van der Waals surface area (Å²) in [6, 6.07) is 16.4. The summed E-state index contributed by atoms with van der Waals surface area (Å²) in [5.41, 5.74) is 15.1. The summed E-state index contributed by atoms with van der Waals surface area (Å²) in [6.45, 7) is 5.14. The van der Waals surface area contributed by atoms with E-state index >= 15 is 0 Å². The molecule has 8 rings (SSSR count). The van der Waals surface area contributed by atoms with Crippen LogP contribution >= 0.6 is 0 Å². The zero-order valence-electron chi connectivity index (χ0n) is 31.0. The van der Waals surface area contributed by atoms with Gasteiger partial charge in [-0.25, -0.2) is 9.48 Å². The summed E-state index contributed by atoms with van der Waals surface area (Å²) in [6.07, 6.45) is 11.3. The van der Waals surface area contributed by atoms with Gasteiger partial charge >= 0.3 is 5.97 Å². The number of piperazine rings is 1. The van der Waals surface area contributed by atoms with Crippen molar-refractivity contribution >= 4 is 40.9 Å². The normalized spacial score (nSPS) is 17.9. The largest absolute Gasteiger partial charge is 0.490 e. The highest BCUT2D eigenvalue weighted by atomic mass is 16.5. The van der Waals surface area contributed by atoms with Gasteiger partial charge < -0.3 is 31.2 Å². The molecule has 3 fully saturated rings.